The zero-order valence-electron chi connectivity index (χ0n) is 35.6. The molecule has 0 saturated heterocycles. The number of fused-ring (bicyclic) bond motifs is 4. The molecule has 5 rings (SSSR count). The SMILES string of the molecule is CCCC1=C(CCC)C(CCC)(CCC)C(CCC)(CCC)c2cc3cc4cc5cccc(CCC)c5c(CCC)c4c(CCC)c3c(CCC)c21. The maximum atomic E-state index is 2.84. The Morgan fingerprint density at radius 1 is 0.404 bits per heavy atom. The third-order valence-corrected chi connectivity index (χ3v) is 13.2. The van der Waals surface area contributed by atoms with Crippen molar-refractivity contribution in [2.75, 3.05) is 0 Å². The number of allylic oxidation sites excluding steroid dienone is 2. The van der Waals surface area contributed by atoms with Gasteiger partial charge in [-0.2, -0.15) is 0 Å². The molecule has 0 aromatic heterocycles. The molecule has 0 unspecified atom stereocenters. The van der Waals surface area contributed by atoms with Gasteiger partial charge >= 0.3 is 0 Å². The minimum absolute atomic E-state index is 0.183. The first-order chi connectivity index (χ1) is 25.4. The summed E-state index contributed by atoms with van der Waals surface area (Å²) in [6.45, 7) is 24.4. The van der Waals surface area contributed by atoms with Crippen LogP contribution in [0, 0.1) is 5.41 Å². The summed E-state index contributed by atoms with van der Waals surface area (Å²) in [5.41, 5.74) is 14.2. The van der Waals surface area contributed by atoms with Crippen molar-refractivity contribution in [2.24, 2.45) is 5.41 Å². The van der Waals surface area contributed by atoms with Crippen molar-refractivity contribution in [3.8, 4) is 0 Å². The van der Waals surface area contributed by atoms with Gasteiger partial charge in [-0.15, -0.1) is 0 Å². The van der Waals surface area contributed by atoms with Gasteiger partial charge < -0.3 is 0 Å². The molecule has 52 heavy (non-hydrogen) atoms. The second-order valence-electron chi connectivity index (χ2n) is 16.8. The van der Waals surface area contributed by atoms with Gasteiger partial charge in [0.05, 0.1) is 0 Å². The maximum Gasteiger partial charge on any atom is 0.00529 e. The van der Waals surface area contributed by atoms with Crippen molar-refractivity contribution in [1.82, 2.24) is 0 Å². The Hall–Kier alpha value is -2.60. The molecule has 4 aromatic rings. The highest BCUT2D eigenvalue weighted by atomic mass is 14.6. The average molecular weight is 701 g/mol. The van der Waals surface area contributed by atoms with Gasteiger partial charge in [0, 0.05) is 10.8 Å². The summed E-state index contributed by atoms with van der Waals surface area (Å²) in [5, 5.41) is 9.29. The van der Waals surface area contributed by atoms with Gasteiger partial charge in [0.25, 0.3) is 0 Å². The molecule has 0 aliphatic heterocycles. The summed E-state index contributed by atoms with van der Waals surface area (Å²) in [6, 6.07) is 15.3. The molecule has 4 aromatic carbocycles. The van der Waals surface area contributed by atoms with E-state index in [2.05, 4.69) is 106 Å². The first kappa shape index (κ1) is 40.6. The highest BCUT2D eigenvalue weighted by Crippen LogP contribution is 2.65. The molecule has 0 amide bonds. The average Bonchev–Trinajstić information content (AvgIpc) is 3.12. The smallest absolute Gasteiger partial charge is 0.00529 e. The number of hydrogen-bond donors (Lipinski definition) is 0. The number of rotatable bonds is 20. The minimum atomic E-state index is 0.183. The van der Waals surface area contributed by atoms with Crippen LogP contribution in [0.25, 0.3) is 37.9 Å². The molecule has 0 saturated carbocycles. The predicted molar refractivity (Wildman–Crippen MR) is 235 cm³/mol. The van der Waals surface area contributed by atoms with Crippen molar-refractivity contribution >= 4 is 37.9 Å². The van der Waals surface area contributed by atoms with E-state index >= 15 is 0 Å². The Morgan fingerprint density at radius 2 is 0.885 bits per heavy atom. The van der Waals surface area contributed by atoms with Crippen LogP contribution in [0.1, 0.15) is 205 Å². The van der Waals surface area contributed by atoms with Gasteiger partial charge in [0.2, 0.25) is 0 Å². The molecule has 0 heteroatoms. The predicted octanol–water partition coefficient (Wildman–Crippen LogP) is 16.7. The van der Waals surface area contributed by atoms with Crippen molar-refractivity contribution < 1.29 is 0 Å². The molecular formula is C52H76. The van der Waals surface area contributed by atoms with Crippen molar-refractivity contribution in [2.45, 2.75) is 203 Å². The summed E-state index contributed by atoms with van der Waals surface area (Å²) in [6.07, 6.45) is 24.7. The fourth-order valence-electron chi connectivity index (χ4n) is 12.0. The lowest BCUT2D eigenvalue weighted by Gasteiger charge is -2.58. The lowest BCUT2D eigenvalue weighted by molar-refractivity contribution is 0.0961. The van der Waals surface area contributed by atoms with E-state index in [0.29, 0.717) is 0 Å². The van der Waals surface area contributed by atoms with Gasteiger partial charge in [-0.1, -0.05) is 157 Å². The van der Waals surface area contributed by atoms with Crippen LogP contribution in [0.5, 0.6) is 0 Å². The van der Waals surface area contributed by atoms with E-state index in [1.807, 2.05) is 5.57 Å². The van der Waals surface area contributed by atoms with Crippen LogP contribution in [0.15, 0.2) is 42.0 Å². The summed E-state index contributed by atoms with van der Waals surface area (Å²) in [5.74, 6) is 0. The maximum absolute atomic E-state index is 2.84. The molecule has 0 nitrogen and oxygen atoms in total. The van der Waals surface area contributed by atoms with Crippen LogP contribution in [-0.4, -0.2) is 0 Å². The van der Waals surface area contributed by atoms with Crippen LogP contribution in [0.2, 0.25) is 0 Å². The third kappa shape index (κ3) is 6.81. The highest BCUT2D eigenvalue weighted by Gasteiger charge is 2.56. The monoisotopic (exact) mass is 701 g/mol. The first-order valence-electron chi connectivity index (χ1n) is 22.6. The molecule has 1 aliphatic carbocycles. The van der Waals surface area contributed by atoms with Crippen molar-refractivity contribution in [3.05, 3.63) is 75.4 Å². The first-order valence-corrected chi connectivity index (χ1v) is 22.6. The Kier molecular flexibility index (Phi) is 14.2. The zero-order chi connectivity index (χ0) is 37.5. The molecule has 0 fully saturated rings. The molecule has 0 radical (unpaired) electrons. The molecule has 0 spiro atoms. The van der Waals surface area contributed by atoms with Gasteiger partial charge in [-0.25, -0.2) is 0 Å². The lowest BCUT2D eigenvalue weighted by Crippen LogP contribution is -2.50. The van der Waals surface area contributed by atoms with Crippen LogP contribution in [0.3, 0.4) is 0 Å². The summed E-state index contributed by atoms with van der Waals surface area (Å²) >= 11 is 0. The number of benzene rings is 4. The van der Waals surface area contributed by atoms with Crippen LogP contribution in [-0.2, 0) is 31.1 Å². The Balaban J connectivity index is 2.12. The quantitative estimate of drug-likeness (QED) is 0.0805. The topological polar surface area (TPSA) is 0 Å². The standard InChI is InChI=1S/C52H76/c1-11-22-37-28-21-29-38-34-39-35-40-36-46-50(44(26-15-5)49(40)43(25-14-4)48(39)42(24-13-3)47(37)38)41(23-12-2)45(27-16-6)51(30-17-7,31-18-8)52(46,32-19-9)33-20-10/h21,28-29,34-36H,11-20,22-27,30-33H2,1-10H3. The number of aryl methyl sites for hydroxylation is 4. The molecule has 0 bridgehead atoms. The van der Waals surface area contributed by atoms with Crippen LogP contribution < -0.4 is 0 Å². The van der Waals surface area contributed by atoms with E-state index in [1.54, 1.807) is 55.1 Å². The lowest BCUT2D eigenvalue weighted by atomic mass is 9.45. The highest BCUT2D eigenvalue weighted by molar-refractivity contribution is 6.12. The van der Waals surface area contributed by atoms with Gasteiger partial charge in [0.15, 0.2) is 0 Å². The van der Waals surface area contributed by atoms with Crippen molar-refractivity contribution in [1.29, 1.82) is 0 Å². The third-order valence-electron chi connectivity index (χ3n) is 13.2. The second kappa shape index (κ2) is 18.2. The molecule has 284 valence electrons. The zero-order valence-corrected chi connectivity index (χ0v) is 35.6. The molecule has 0 atom stereocenters. The van der Waals surface area contributed by atoms with E-state index in [4.69, 9.17) is 0 Å². The van der Waals surface area contributed by atoms with Crippen molar-refractivity contribution in [3.63, 3.8) is 0 Å². The normalized spacial score (nSPS) is 15.3. The minimum Gasteiger partial charge on any atom is -0.0654 e. The molecule has 0 heterocycles. The fourth-order valence-corrected chi connectivity index (χ4v) is 12.0. The van der Waals surface area contributed by atoms with Crippen LogP contribution >= 0.6 is 0 Å². The van der Waals surface area contributed by atoms with E-state index in [-0.39, 0.29) is 10.8 Å². The van der Waals surface area contributed by atoms with E-state index in [1.165, 1.54) is 125 Å². The van der Waals surface area contributed by atoms with Gasteiger partial charge in [-0.3, -0.25) is 0 Å². The Bertz CT molecular complexity index is 1830. The van der Waals surface area contributed by atoms with E-state index < -0.39 is 0 Å². The Labute approximate surface area is 320 Å². The summed E-state index contributed by atoms with van der Waals surface area (Å²) in [4.78, 5) is 0. The molecular weight excluding hydrogens is 625 g/mol. The van der Waals surface area contributed by atoms with Crippen LogP contribution in [0.4, 0.5) is 0 Å². The molecule has 1 aliphatic rings. The largest absolute Gasteiger partial charge is 0.0654 e. The van der Waals surface area contributed by atoms with E-state index in [0.717, 1.165) is 19.3 Å². The summed E-state index contributed by atoms with van der Waals surface area (Å²) in [7, 11) is 0. The molecule has 0 N–H and O–H groups in total. The Morgan fingerprint density at radius 3 is 1.44 bits per heavy atom. The second-order valence-corrected chi connectivity index (χ2v) is 16.8. The fraction of sp³-hybridized carbons (Fsp3) is 0.615. The number of hydrogen-bond acceptors (Lipinski definition) is 0. The van der Waals surface area contributed by atoms with Gasteiger partial charge in [0.1, 0.15) is 0 Å². The van der Waals surface area contributed by atoms with Gasteiger partial charge in [-0.05, 0) is 154 Å². The van der Waals surface area contributed by atoms with E-state index in [9.17, 15) is 0 Å². The summed E-state index contributed by atoms with van der Waals surface area (Å²) < 4.78 is 0.